The summed E-state index contributed by atoms with van der Waals surface area (Å²) in [5, 5.41) is 4.57. The quantitative estimate of drug-likeness (QED) is 0.183. The Kier molecular flexibility index (Phi) is 6.99. The van der Waals surface area contributed by atoms with Gasteiger partial charge in [-0.15, -0.1) is 11.3 Å². The fourth-order valence-corrected chi connectivity index (χ4v) is 7.24. The summed E-state index contributed by atoms with van der Waals surface area (Å²) in [5.74, 6) is 0.740. The van der Waals surface area contributed by atoms with E-state index in [1.54, 1.807) is 11.3 Å². The molecule has 0 saturated heterocycles. The average Bonchev–Trinajstić information content (AvgIpc) is 3.83. The first-order valence-electron chi connectivity index (χ1n) is 16.1. The van der Waals surface area contributed by atoms with Crippen molar-refractivity contribution in [2.75, 3.05) is 0 Å². The molecule has 0 amide bonds. The Balaban J connectivity index is 1.15. The van der Waals surface area contributed by atoms with Gasteiger partial charge in [0, 0.05) is 27.6 Å². The Morgan fingerprint density at radius 2 is 1.00 bits per heavy atom. The van der Waals surface area contributed by atoms with Crippen molar-refractivity contribution in [1.29, 1.82) is 0 Å². The first kappa shape index (κ1) is 28.1. The lowest BCUT2D eigenvalue weighted by molar-refractivity contribution is 1.18. The summed E-state index contributed by atoms with van der Waals surface area (Å²) in [4.78, 5) is 11.2. The summed E-state index contributed by atoms with van der Waals surface area (Å²) >= 11 is 1.66. The molecule has 0 aliphatic carbocycles. The van der Waals surface area contributed by atoms with Crippen LogP contribution in [0.5, 0.6) is 0 Å². The smallest absolute Gasteiger partial charge is 0.170 e. The molecule has 4 heteroatoms. The van der Waals surface area contributed by atoms with E-state index in [1.807, 2.05) is 6.07 Å². The molecule has 0 spiro atoms. The number of fused-ring (bicyclic) bond motifs is 3. The largest absolute Gasteiger partial charge is 0.309 e. The van der Waals surface area contributed by atoms with Gasteiger partial charge in [0.1, 0.15) is 0 Å². The van der Waals surface area contributed by atoms with Crippen LogP contribution in [0.2, 0.25) is 0 Å². The number of hydrogen-bond donors (Lipinski definition) is 0. The van der Waals surface area contributed by atoms with Crippen LogP contribution in [0.25, 0.3) is 83.0 Å². The number of aromatic nitrogens is 3. The highest BCUT2D eigenvalue weighted by atomic mass is 32.1. The minimum atomic E-state index is 0.740. The summed E-state index contributed by atoms with van der Waals surface area (Å²) in [6, 6.07) is 60.1. The van der Waals surface area contributed by atoms with Crippen molar-refractivity contribution in [2.45, 2.75) is 0 Å². The molecule has 0 fully saturated rings. The van der Waals surface area contributed by atoms with E-state index in [0.29, 0.717) is 0 Å². The molecule has 9 rings (SSSR count). The summed E-state index contributed by atoms with van der Waals surface area (Å²) in [5.41, 5.74) is 12.2. The zero-order chi connectivity index (χ0) is 31.9. The molecule has 9 aromatic rings. The van der Waals surface area contributed by atoms with Crippen molar-refractivity contribution in [3.63, 3.8) is 0 Å². The van der Waals surface area contributed by atoms with Gasteiger partial charge in [0.05, 0.1) is 27.3 Å². The molecule has 0 atom stereocenters. The van der Waals surface area contributed by atoms with Gasteiger partial charge in [0.25, 0.3) is 0 Å². The Labute approximate surface area is 283 Å². The highest BCUT2D eigenvalue weighted by Gasteiger charge is 2.15. The van der Waals surface area contributed by atoms with E-state index >= 15 is 0 Å². The average molecular weight is 632 g/mol. The van der Waals surface area contributed by atoms with E-state index in [-0.39, 0.29) is 0 Å². The molecule has 226 valence electrons. The van der Waals surface area contributed by atoms with Crippen LogP contribution in [-0.4, -0.2) is 14.5 Å². The number of rotatable bonds is 6. The van der Waals surface area contributed by atoms with Crippen LogP contribution in [0.4, 0.5) is 0 Å². The van der Waals surface area contributed by atoms with E-state index in [2.05, 4.69) is 174 Å². The van der Waals surface area contributed by atoms with Crippen molar-refractivity contribution < 1.29 is 0 Å². The molecule has 0 N–H and O–H groups in total. The number of thiophene rings is 1. The molecule has 0 aliphatic heterocycles. The molecule has 3 aromatic heterocycles. The second-order valence-electron chi connectivity index (χ2n) is 11.9. The first-order chi connectivity index (χ1) is 23.8. The predicted octanol–water partition coefficient (Wildman–Crippen LogP) is 12.0. The molecule has 0 bridgehead atoms. The highest BCUT2D eigenvalue weighted by molar-refractivity contribution is 7.13. The van der Waals surface area contributed by atoms with Gasteiger partial charge >= 0.3 is 0 Å². The van der Waals surface area contributed by atoms with Crippen molar-refractivity contribution >= 4 is 33.1 Å². The van der Waals surface area contributed by atoms with Crippen LogP contribution in [-0.2, 0) is 0 Å². The molecule has 3 heterocycles. The molecule has 0 radical (unpaired) electrons. The lowest BCUT2D eigenvalue weighted by Crippen LogP contribution is -1.95. The highest BCUT2D eigenvalue weighted by Crippen LogP contribution is 2.36. The Hall–Kier alpha value is -6.10. The van der Waals surface area contributed by atoms with E-state index in [4.69, 9.17) is 9.97 Å². The first-order valence-corrected chi connectivity index (χ1v) is 16.9. The van der Waals surface area contributed by atoms with Gasteiger partial charge in [-0.2, -0.15) is 0 Å². The second-order valence-corrected chi connectivity index (χ2v) is 12.8. The molecule has 6 aromatic carbocycles. The van der Waals surface area contributed by atoms with Gasteiger partial charge in [-0.3, -0.25) is 0 Å². The van der Waals surface area contributed by atoms with Crippen LogP contribution < -0.4 is 0 Å². The van der Waals surface area contributed by atoms with Crippen LogP contribution in [0, 0.1) is 0 Å². The SMILES string of the molecule is c1ccc(-c2ccc(-c3cc(-c4cccc(-c5ccc6c7ccccc7n(-c7ccccc7)c6c5)c4)nc(-c4cccs4)n3)cc2)cc1. The molecular formula is C44H29N3S. The van der Waals surface area contributed by atoms with Crippen LogP contribution in [0.3, 0.4) is 0 Å². The van der Waals surface area contributed by atoms with Crippen molar-refractivity contribution in [2.24, 2.45) is 0 Å². The van der Waals surface area contributed by atoms with Gasteiger partial charge in [-0.05, 0) is 70.1 Å². The van der Waals surface area contributed by atoms with Crippen LogP contribution in [0.1, 0.15) is 0 Å². The van der Waals surface area contributed by atoms with Gasteiger partial charge in [-0.1, -0.05) is 127 Å². The minimum absolute atomic E-state index is 0.740. The zero-order valence-electron chi connectivity index (χ0n) is 26.0. The summed E-state index contributed by atoms with van der Waals surface area (Å²) in [7, 11) is 0. The summed E-state index contributed by atoms with van der Waals surface area (Å²) < 4.78 is 2.37. The third-order valence-electron chi connectivity index (χ3n) is 8.94. The van der Waals surface area contributed by atoms with E-state index in [1.165, 1.54) is 32.9 Å². The lowest BCUT2D eigenvalue weighted by Gasteiger charge is -2.11. The third-order valence-corrected chi connectivity index (χ3v) is 9.80. The zero-order valence-corrected chi connectivity index (χ0v) is 26.8. The Bertz CT molecular complexity index is 2530. The van der Waals surface area contributed by atoms with Gasteiger partial charge in [0.15, 0.2) is 5.82 Å². The standard InChI is InChI=1S/C44H29N3S/c1-3-11-30(12-4-1)31-20-22-32(23-21-31)39-29-40(46-44(45-39)43-19-10-26-48-43)35-14-9-13-33(27-35)34-24-25-38-37-17-7-8-18-41(37)47(42(38)28-34)36-15-5-2-6-16-36/h1-29H. The lowest BCUT2D eigenvalue weighted by atomic mass is 9.99. The predicted molar refractivity (Wildman–Crippen MR) is 201 cm³/mol. The van der Waals surface area contributed by atoms with Crippen LogP contribution in [0.15, 0.2) is 175 Å². The minimum Gasteiger partial charge on any atom is -0.309 e. The summed E-state index contributed by atoms with van der Waals surface area (Å²) in [6.07, 6.45) is 0. The maximum atomic E-state index is 5.10. The number of benzene rings is 6. The fraction of sp³-hybridized carbons (Fsp3) is 0. The fourth-order valence-electron chi connectivity index (χ4n) is 6.59. The molecule has 0 aliphatic rings. The number of para-hydroxylation sites is 2. The van der Waals surface area contributed by atoms with Crippen molar-refractivity contribution in [3.8, 4) is 61.2 Å². The maximum Gasteiger partial charge on any atom is 0.170 e. The van der Waals surface area contributed by atoms with Crippen molar-refractivity contribution in [3.05, 3.63) is 175 Å². The normalized spacial score (nSPS) is 11.3. The maximum absolute atomic E-state index is 5.10. The number of hydrogen-bond acceptors (Lipinski definition) is 3. The molecular weight excluding hydrogens is 603 g/mol. The Morgan fingerprint density at radius 3 is 1.79 bits per heavy atom. The third kappa shape index (κ3) is 5.09. The molecule has 0 saturated carbocycles. The summed E-state index contributed by atoms with van der Waals surface area (Å²) in [6.45, 7) is 0. The topological polar surface area (TPSA) is 30.7 Å². The monoisotopic (exact) mass is 631 g/mol. The van der Waals surface area contributed by atoms with Crippen LogP contribution >= 0.6 is 11.3 Å². The molecule has 0 unspecified atom stereocenters. The van der Waals surface area contributed by atoms with E-state index in [9.17, 15) is 0 Å². The second kappa shape index (κ2) is 11.9. The van der Waals surface area contributed by atoms with E-state index in [0.717, 1.165) is 50.0 Å². The molecule has 48 heavy (non-hydrogen) atoms. The van der Waals surface area contributed by atoms with E-state index < -0.39 is 0 Å². The number of nitrogens with zero attached hydrogens (tertiary/aromatic N) is 3. The Morgan fingerprint density at radius 1 is 0.396 bits per heavy atom. The van der Waals surface area contributed by atoms with Gasteiger partial charge < -0.3 is 4.57 Å². The van der Waals surface area contributed by atoms with Gasteiger partial charge in [-0.25, -0.2) is 9.97 Å². The molecule has 3 nitrogen and oxygen atoms in total. The van der Waals surface area contributed by atoms with Crippen molar-refractivity contribution in [1.82, 2.24) is 14.5 Å². The van der Waals surface area contributed by atoms with Gasteiger partial charge in [0.2, 0.25) is 0 Å².